The van der Waals surface area contributed by atoms with Crippen LogP contribution in [0, 0.1) is 72.1 Å². The van der Waals surface area contributed by atoms with Crippen molar-refractivity contribution in [2.24, 2.45) is 51.9 Å². The van der Waals surface area contributed by atoms with Crippen LogP contribution >= 0.6 is 0 Å². The molecular formula is C99H126N4+4. The van der Waals surface area contributed by atoms with Gasteiger partial charge in [-0.3, -0.25) is 0 Å². The Morgan fingerprint density at radius 3 is 1.00 bits per heavy atom. The summed E-state index contributed by atoms with van der Waals surface area (Å²) in [5, 5.41) is 0. The number of benzene rings is 8. The zero-order valence-electron chi connectivity index (χ0n) is 69.2. The number of rotatable bonds is 16. The summed E-state index contributed by atoms with van der Waals surface area (Å²) in [4.78, 5) is 0. The Hall–Kier alpha value is -9.64. The van der Waals surface area contributed by atoms with Gasteiger partial charge in [-0.15, -0.1) is 0 Å². The molecule has 8 aromatic carbocycles. The summed E-state index contributed by atoms with van der Waals surface area (Å²) in [6, 6.07) is 77.6. The molecule has 103 heavy (non-hydrogen) atoms. The molecule has 538 valence electrons. The van der Waals surface area contributed by atoms with Gasteiger partial charge in [-0.2, -0.15) is 0 Å². The number of hydrogen-bond acceptors (Lipinski definition) is 0. The van der Waals surface area contributed by atoms with E-state index in [0.717, 1.165) is 29.5 Å². The van der Waals surface area contributed by atoms with E-state index in [2.05, 4.69) is 292 Å². The van der Waals surface area contributed by atoms with Gasteiger partial charge in [0.25, 0.3) is 0 Å². The highest BCUT2D eigenvalue weighted by molar-refractivity contribution is 5.79. The Morgan fingerprint density at radius 2 is 0.602 bits per heavy atom. The van der Waals surface area contributed by atoms with E-state index < -0.39 is 19.6 Å². The first kappa shape index (κ1) is 73.1. The third-order valence-corrected chi connectivity index (χ3v) is 18.2. The Balaban J connectivity index is 0.000000266. The average molecular weight is 1380 g/mol. The minimum atomic E-state index is -2.30. The molecule has 0 spiro atoms. The van der Waals surface area contributed by atoms with Gasteiger partial charge in [-0.25, -0.2) is 18.3 Å². The summed E-state index contributed by atoms with van der Waals surface area (Å²) >= 11 is 0. The van der Waals surface area contributed by atoms with Crippen LogP contribution in [0.3, 0.4) is 0 Å². The zero-order chi connectivity index (χ0) is 77.1. The summed E-state index contributed by atoms with van der Waals surface area (Å²) in [6.07, 6.45) is 7.02. The van der Waals surface area contributed by atoms with Gasteiger partial charge in [0.15, 0.2) is 24.8 Å². The fourth-order valence-corrected chi connectivity index (χ4v) is 13.3. The molecule has 4 heterocycles. The number of pyridine rings is 4. The highest BCUT2D eigenvalue weighted by atomic mass is 14.9. The van der Waals surface area contributed by atoms with Gasteiger partial charge in [0.2, 0.25) is 22.8 Å². The number of nitrogens with zero attached hydrogens (tertiary/aromatic N) is 4. The van der Waals surface area contributed by atoms with Crippen molar-refractivity contribution < 1.29 is 27.9 Å². The third kappa shape index (κ3) is 21.9. The third-order valence-electron chi connectivity index (χ3n) is 18.2. The normalized spacial score (nSPS) is 12.1. The summed E-state index contributed by atoms with van der Waals surface area (Å²) in [5.74, 6) is 0.590. The first-order valence-corrected chi connectivity index (χ1v) is 35.3. The molecule has 4 nitrogen and oxygen atoms in total. The lowest BCUT2D eigenvalue weighted by Crippen LogP contribution is -2.32. The van der Waals surface area contributed by atoms with E-state index >= 15 is 0 Å². The predicted octanol–water partition coefficient (Wildman–Crippen LogP) is 24.9. The average Bonchev–Trinajstić information content (AvgIpc) is 0.745. The molecule has 0 aliphatic rings. The molecule has 0 atom stereocenters. The SMILES string of the molecule is C.C.C.C.Cc1cc(C)c(-c2cc(CC(C)C)c(CC(C)C)c[n+]2C)cc1-c1ccccc1.Cc1cc(C)c(-c2cccc[n+]2C)cc1-c1ccccc1.Cc1ccc(-c2ccccc2)cc1-c1cccc[n+]1C.[2H]C([2H])([2H])c1cc(C)c(-c2cc(C([2H])([2H])C(C)C)c(C([2H])([2H])C(C)C)c[n+]2C)cc1-c1ccccc1. The number of hydrogen-bond donors (Lipinski definition) is 0. The van der Waals surface area contributed by atoms with E-state index in [9.17, 15) is 0 Å². The molecule has 0 saturated carbocycles. The van der Waals surface area contributed by atoms with Crippen molar-refractivity contribution in [3.05, 3.63) is 310 Å². The molecule has 0 unspecified atom stereocenters. The molecule has 0 aliphatic heterocycles. The molecule has 0 saturated heterocycles. The summed E-state index contributed by atoms with van der Waals surface area (Å²) in [7, 11) is 8.20. The smallest absolute Gasteiger partial charge is 0.201 e. The summed E-state index contributed by atoms with van der Waals surface area (Å²) < 4.78 is 68.1. The van der Waals surface area contributed by atoms with Crippen LogP contribution in [0.15, 0.2) is 249 Å². The quantitative estimate of drug-likeness (QED) is 0.0857. The predicted molar refractivity (Wildman–Crippen MR) is 448 cm³/mol. The second kappa shape index (κ2) is 39.1. The van der Waals surface area contributed by atoms with Crippen LogP contribution in [0.25, 0.3) is 89.5 Å². The van der Waals surface area contributed by atoms with Gasteiger partial charge in [0, 0.05) is 79.4 Å². The highest BCUT2D eigenvalue weighted by Crippen LogP contribution is 2.36. The van der Waals surface area contributed by atoms with Crippen LogP contribution in [0.1, 0.15) is 156 Å². The summed E-state index contributed by atoms with van der Waals surface area (Å²) in [6.45, 7) is 27.0. The lowest BCUT2D eigenvalue weighted by Gasteiger charge is -2.16. The van der Waals surface area contributed by atoms with Crippen LogP contribution in [-0.4, -0.2) is 0 Å². The van der Waals surface area contributed by atoms with Crippen LogP contribution < -0.4 is 18.3 Å². The highest BCUT2D eigenvalue weighted by Gasteiger charge is 2.23. The second-order valence-corrected chi connectivity index (χ2v) is 28.3. The van der Waals surface area contributed by atoms with Gasteiger partial charge in [0.05, 0.1) is 0 Å². The largest absolute Gasteiger partial charge is 0.212 e. The van der Waals surface area contributed by atoms with Gasteiger partial charge in [-0.1, -0.05) is 237 Å². The molecule has 0 amide bonds. The van der Waals surface area contributed by atoms with Crippen molar-refractivity contribution in [2.75, 3.05) is 0 Å². The van der Waals surface area contributed by atoms with Gasteiger partial charge in [-0.05, 0) is 229 Å². The van der Waals surface area contributed by atoms with Crippen LogP contribution in [0.5, 0.6) is 0 Å². The second-order valence-electron chi connectivity index (χ2n) is 28.3. The van der Waals surface area contributed by atoms with Crippen molar-refractivity contribution in [1.82, 2.24) is 0 Å². The Bertz CT molecular complexity index is 4980. The zero-order valence-corrected chi connectivity index (χ0v) is 62.2. The van der Waals surface area contributed by atoms with Crippen molar-refractivity contribution in [3.8, 4) is 89.5 Å². The van der Waals surface area contributed by atoms with E-state index in [0.29, 0.717) is 34.2 Å². The van der Waals surface area contributed by atoms with Crippen molar-refractivity contribution in [1.29, 1.82) is 0 Å². The molecule has 0 N–H and O–H groups in total. The topological polar surface area (TPSA) is 15.5 Å². The number of aromatic nitrogens is 4. The maximum absolute atomic E-state index is 8.88. The van der Waals surface area contributed by atoms with E-state index in [-0.39, 0.29) is 47.1 Å². The molecule has 0 aliphatic carbocycles. The van der Waals surface area contributed by atoms with Gasteiger partial charge >= 0.3 is 0 Å². The lowest BCUT2D eigenvalue weighted by atomic mass is 9.90. The van der Waals surface area contributed by atoms with E-state index in [1.807, 2.05) is 54.9 Å². The Kier molecular flexibility index (Phi) is 27.8. The van der Waals surface area contributed by atoms with Crippen LogP contribution in [-0.2, 0) is 53.8 Å². The fraction of sp³-hybridized carbons (Fsp3) is 0.313. The van der Waals surface area contributed by atoms with E-state index in [1.165, 1.54) is 106 Å². The first-order chi connectivity index (χ1) is 50.2. The fourth-order valence-electron chi connectivity index (χ4n) is 13.3. The van der Waals surface area contributed by atoms with Crippen molar-refractivity contribution >= 4 is 0 Å². The minimum absolute atomic E-state index is 0. The van der Waals surface area contributed by atoms with E-state index in [4.69, 9.17) is 9.60 Å². The number of aryl methyl sites for hydroxylation is 11. The molecule has 12 rings (SSSR count). The Labute approximate surface area is 635 Å². The summed E-state index contributed by atoms with van der Waals surface area (Å²) in [5.41, 5.74) is 29.6. The monoisotopic (exact) mass is 1380 g/mol. The van der Waals surface area contributed by atoms with Gasteiger partial charge < -0.3 is 0 Å². The molecule has 0 fully saturated rings. The molecule has 0 bridgehead atoms. The van der Waals surface area contributed by atoms with Crippen LogP contribution in [0.4, 0.5) is 0 Å². The molecule has 0 radical (unpaired) electrons. The van der Waals surface area contributed by atoms with Crippen molar-refractivity contribution in [2.45, 2.75) is 159 Å². The Morgan fingerprint density at radius 1 is 0.272 bits per heavy atom. The van der Waals surface area contributed by atoms with Crippen molar-refractivity contribution in [3.63, 3.8) is 0 Å². The molecule has 12 aromatic rings. The van der Waals surface area contributed by atoms with Crippen LogP contribution in [0.2, 0.25) is 0 Å². The lowest BCUT2D eigenvalue weighted by molar-refractivity contribution is -0.661. The van der Waals surface area contributed by atoms with E-state index in [1.54, 1.807) is 46.0 Å². The standard InChI is InChI=1S/2C28H36N.C20H20N.C19H18N.4CH4/c2*1-19(2)13-24-16-28(29(7)18-25(24)14-20(3)4)27-17-26(21(5)15-22(27)6)23-11-9-8-10-12-23;1-15-13-16(2)19(20-11-7-8-12-21(20)3)14-18(15)17-9-5-4-6-10-17;1-15-11-12-17(16-8-4-3-5-9-16)14-18(15)19-10-6-7-13-20(19)2;;;;/h2*8-12,15-20H,13-14H2,1-7H3;4-14H,1-3H3;3-14H,1-2H3;4*1H4/q4*+1;;;;/i5D3,13D2,14D2;;;;;;;. The maximum Gasteiger partial charge on any atom is 0.212 e. The molecular weight excluding hydrogens is 1250 g/mol. The minimum Gasteiger partial charge on any atom is -0.201 e. The maximum atomic E-state index is 8.88. The first-order valence-electron chi connectivity index (χ1n) is 38.8. The van der Waals surface area contributed by atoms with Gasteiger partial charge in [0.1, 0.15) is 28.2 Å². The molecule has 4 aromatic heterocycles. The molecule has 4 heteroatoms.